The summed E-state index contributed by atoms with van der Waals surface area (Å²) in [5.41, 5.74) is 11.2. The Morgan fingerprint density at radius 2 is 0.460 bits per heavy atom. The summed E-state index contributed by atoms with van der Waals surface area (Å²) in [5, 5.41) is 42.4. The number of hydrogen-bond acceptors (Lipinski definition) is 16. The molecule has 124 heavy (non-hydrogen) atoms. The summed E-state index contributed by atoms with van der Waals surface area (Å²) in [5.74, 6) is 1.17. The van der Waals surface area contributed by atoms with Crippen molar-refractivity contribution in [2.24, 2.45) is 0 Å². The first kappa shape index (κ1) is 90.1. The Labute approximate surface area is 710 Å². The van der Waals surface area contributed by atoms with Crippen LogP contribution in [0.3, 0.4) is 0 Å². The van der Waals surface area contributed by atoms with Crippen LogP contribution in [0.2, 0.25) is 0 Å². The number of alkyl halides is 12. The number of halogens is 12. The Kier molecular flexibility index (Phi) is 30.3. The van der Waals surface area contributed by atoms with Gasteiger partial charge in [-0.1, -0.05) is 121 Å². The van der Waals surface area contributed by atoms with Crippen LogP contribution in [-0.2, 0) is 50.4 Å². The molecule has 4 aliphatic heterocycles. The van der Waals surface area contributed by atoms with Gasteiger partial charge in [0.1, 0.15) is 73.8 Å². The third-order valence-corrected chi connectivity index (χ3v) is 21.8. The van der Waals surface area contributed by atoms with Crippen LogP contribution in [0.15, 0.2) is 292 Å². The van der Waals surface area contributed by atoms with Crippen LogP contribution in [0.5, 0.6) is 23.0 Å². The molecule has 28 heteroatoms. The van der Waals surface area contributed by atoms with E-state index in [1.54, 1.807) is 24.8 Å². The van der Waals surface area contributed by atoms with Gasteiger partial charge in [0.05, 0.1) is 46.4 Å². The van der Waals surface area contributed by atoms with Crippen molar-refractivity contribution in [2.45, 2.75) is 99.0 Å². The molecule has 0 fully saturated rings. The van der Waals surface area contributed by atoms with Crippen LogP contribution in [0.25, 0.3) is 0 Å². The van der Waals surface area contributed by atoms with E-state index in [0.29, 0.717) is 49.2 Å². The number of pyridine rings is 4. The van der Waals surface area contributed by atoms with E-state index in [1.165, 1.54) is 93.0 Å². The van der Waals surface area contributed by atoms with Gasteiger partial charge in [0.15, 0.2) is 0 Å². The zero-order valence-corrected chi connectivity index (χ0v) is 67.2. The predicted octanol–water partition coefficient (Wildman–Crippen LogP) is 18.0. The van der Waals surface area contributed by atoms with Crippen molar-refractivity contribution in [1.29, 1.82) is 0 Å². The van der Waals surface area contributed by atoms with Gasteiger partial charge in [-0.2, -0.15) is 52.7 Å². The highest BCUT2D eigenvalue weighted by Crippen LogP contribution is 2.42. The molecule has 0 amide bonds. The van der Waals surface area contributed by atoms with Crippen LogP contribution in [0.4, 0.5) is 52.7 Å². The van der Waals surface area contributed by atoms with Gasteiger partial charge in [0.2, 0.25) is 0 Å². The molecule has 0 spiro atoms. The van der Waals surface area contributed by atoms with E-state index in [-0.39, 0.29) is 50.6 Å². The number of aliphatic hydroxyl groups is 4. The monoisotopic (exact) mass is 1710 g/mol. The highest BCUT2D eigenvalue weighted by atomic mass is 19.4. The zero-order chi connectivity index (χ0) is 87.4. The normalized spacial score (nSPS) is 17.7. The van der Waals surface area contributed by atoms with Crippen LogP contribution < -0.4 is 18.9 Å². The van der Waals surface area contributed by atoms with E-state index in [4.69, 9.17) is 18.9 Å². The molecular weight excluding hydrogens is 1620 g/mol. The smallest absolute Gasteiger partial charge is 0.416 e. The summed E-state index contributed by atoms with van der Waals surface area (Å²) >= 11 is 0. The molecule has 648 valence electrons. The van der Waals surface area contributed by atoms with E-state index in [9.17, 15) is 73.1 Å². The summed E-state index contributed by atoms with van der Waals surface area (Å²) in [7, 11) is 0. The highest BCUT2D eigenvalue weighted by Gasteiger charge is 2.38. The molecule has 0 saturated heterocycles. The summed E-state index contributed by atoms with van der Waals surface area (Å²) in [6.07, 6.45) is -2.96. The Hall–Kier alpha value is -11.6. The molecule has 8 heterocycles. The first-order valence-electron chi connectivity index (χ1n) is 40.5. The molecule has 8 aromatic carbocycles. The highest BCUT2D eigenvalue weighted by molar-refractivity contribution is 5.44. The lowest BCUT2D eigenvalue weighted by molar-refractivity contribution is -0.138. The average Bonchev–Trinajstić information content (AvgIpc) is 0.793. The third-order valence-electron chi connectivity index (χ3n) is 21.8. The quantitative estimate of drug-likeness (QED) is 0.0419. The summed E-state index contributed by atoms with van der Waals surface area (Å²) in [6, 6.07) is 66.6. The number of hydrogen-bond donors (Lipinski definition) is 4. The van der Waals surface area contributed by atoms with Crippen molar-refractivity contribution < 1.29 is 92.1 Å². The molecule has 4 aliphatic rings. The molecule has 0 aliphatic carbocycles. The maximum absolute atomic E-state index is 12.7. The zero-order valence-electron chi connectivity index (χ0n) is 67.2. The second-order valence-corrected chi connectivity index (χ2v) is 30.5. The Morgan fingerprint density at radius 3 is 0.637 bits per heavy atom. The van der Waals surface area contributed by atoms with Gasteiger partial charge < -0.3 is 39.4 Å². The van der Waals surface area contributed by atoms with Crippen molar-refractivity contribution in [3.8, 4) is 23.0 Å². The van der Waals surface area contributed by atoms with E-state index in [0.717, 1.165) is 123 Å². The van der Waals surface area contributed by atoms with Gasteiger partial charge in [0, 0.05) is 102 Å². The topological polar surface area (TPSA) is 182 Å². The second-order valence-electron chi connectivity index (χ2n) is 30.5. The number of benzene rings is 8. The van der Waals surface area contributed by atoms with Gasteiger partial charge in [-0.25, -0.2) is 0 Å². The number of rotatable bonds is 24. The fourth-order valence-electron chi connectivity index (χ4n) is 16.0. The van der Waals surface area contributed by atoms with Crippen molar-refractivity contribution in [1.82, 2.24) is 39.5 Å². The Bertz CT molecular complexity index is 4630. The summed E-state index contributed by atoms with van der Waals surface area (Å²) in [6.45, 7) is 4.52. The summed E-state index contributed by atoms with van der Waals surface area (Å²) in [4.78, 5) is 25.8. The number of ether oxygens (including phenoxy) is 4. The van der Waals surface area contributed by atoms with Gasteiger partial charge in [0.25, 0.3) is 0 Å². The van der Waals surface area contributed by atoms with Crippen LogP contribution in [0, 0.1) is 0 Å². The fraction of sp³-hybridized carbons (Fsp3) is 0.292. The second kappa shape index (κ2) is 41.7. The number of aromatic nitrogens is 4. The standard InChI is InChI=1S/4C24H23F3N2O2/c4*25-24(26,27)19-7-9-21(10-8-19)31-16-20(30)15-29-13-11-17-4-1-2-6-22(17)23(29)18-5-3-12-28-14-18/h4*1-10,12,14,20,23,30H,11,13,15-16H2/t20?,23-;2*20-,23+;20-,23-/m1100/s1. The van der Waals surface area contributed by atoms with E-state index in [1.807, 2.05) is 122 Å². The molecule has 8 atom stereocenters. The average molecular weight is 1710 g/mol. The minimum Gasteiger partial charge on any atom is -0.491 e. The summed E-state index contributed by atoms with van der Waals surface area (Å²) < 4.78 is 174. The van der Waals surface area contributed by atoms with Crippen molar-refractivity contribution in [2.75, 3.05) is 78.8 Å². The molecule has 0 saturated carbocycles. The maximum atomic E-state index is 12.7. The first-order chi connectivity index (χ1) is 59.7. The fourth-order valence-corrected chi connectivity index (χ4v) is 16.0. The van der Waals surface area contributed by atoms with E-state index >= 15 is 0 Å². The first-order valence-corrected chi connectivity index (χ1v) is 40.5. The molecule has 1 unspecified atom stereocenters. The molecule has 12 aromatic rings. The number of β-amino-alcohol motifs (C(OH)–C–C–N with tert-alkyl or cyclic N) is 4. The van der Waals surface area contributed by atoms with Crippen molar-refractivity contribution >= 4 is 0 Å². The number of nitrogens with zero attached hydrogens (tertiary/aromatic N) is 8. The SMILES string of the molecule is OC(COc1ccc(C(F)(F)F)cc1)CN1CCc2ccccc2[C@H]1c1cccnc1.O[C@@H](COc1ccc(C(F)(F)F)cc1)CN1CCc2ccccc2[C@@H]1c1cccnc1.O[C@H](COc1ccc(C(F)(F)F)cc1)CN1CCc2ccccc2[C@@H]1c1cccnc1.O[C@H](COc1ccc(C(F)(F)F)cc1)CN1CCc2ccccc2[C@H]1c1cccnc1. The predicted molar refractivity (Wildman–Crippen MR) is 443 cm³/mol. The molecule has 16 rings (SSSR count). The minimum absolute atomic E-state index is 0.0106. The lowest BCUT2D eigenvalue weighted by Gasteiger charge is -2.38. The van der Waals surface area contributed by atoms with Gasteiger partial charge >= 0.3 is 24.7 Å². The van der Waals surface area contributed by atoms with Crippen LogP contribution >= 0.6 is 0 Å². The number of fused-ring (bicyclic) bond motifs is 4. The molecule has 16 nitrogen and oxygen atoms in total. The van der Waals surface area contributed by atoms with Crippen LogP contribution in [-0.4, -0.2) is 163 Å². The van der Waals surface area contributed by atoms with Gasteiger partial charge in [-0.05, 0) is 214 Å². The molecule has 0 bridgehead atoms. The Balaban J connectivity index is 0.000000142. The minimum atomic E-state index is -4.39. The van der Waals surface area contributed by atoms with Gasteiger partial charge in [-0.3, -0.25) is 39.5 Å². The third kappa shape index (κ3) is 24.5. The number of aliphatic hydroxyl groups excluding tert-OH is 4. The largest absolute Gasteiger partial charge is 0.491 e. The molecule has 0 radical (unpaired) electrons. The lowest BCUT2D eigenvalue weighted by Crippen LogP contribution is -2.42. The maximum Gasteiger partial charge on any atom is 0.416 e. The van der Waals surface area contributed by atoms with E-state index in [2.05, 4.69) is 88.1 Å². The van der Waals surface area contributed by atoms with Crippen molar-refractivity contribution in [3.63, 3.8) is 0 Å². The van der Waals surface area contributed by atoms with Gasteiger partial charge in [-0.15, -0.1) is 0 Å². The lowest BCUT2D eigenvalue weighted by atomic mass is 9.88. The Morgan fingerprint density at radius 1 is 0.266 bits per heavy atom. The van der Waals surface area contributed by atoms with Crippen LogP contribution in [0.1, 0.15) is 113 Å². The molecule has 4 N–H and O–H groups in total. The van der Waals surface area contributed by atoms with E-state index < -0.39 is 71.4 Å². The molecular formula is C96H92F12N8O8. The molecule has 4 aromatic heterocycles. The van der Waals surface area contributed by atoms with Crippen molar-refractivity contribution in [3.05, 3.63) is 381 Å².